The van der Waals surface area contributed by atoms with Gasteiger partial charge in [-0.25, -0.2) is 4.79 Å². The minimum atomic E-state index is -0.346. The molecule has 1 atom stereocenters. The van der Waals surface area contributed by atoms with Crippen molar-refractivity contribution >= 4 is 27.6 Å². The quantitative estimate of drug-likeness (QED) is 0.781. The van der Waals surface area contributed by atoms with Crippen molar-refractivity contribution in [2.24, 2.45) is 0 Å². The van der Waals surface area contributed by atoms with Crippen LogP contribution in [0.15, 0.2) is 22.7 Å². The summed E-state index contributed by atoms with van der Waals surface area (Å²) in [7, 11) is 1.58. The molecule has 0 saturated carbocycles. The summed E-state index contributed by atoms with van der Waals surface area (Å²) in [5.41, 5.74) is 0.640. The van der Waals surface area contributed by atoms with Gasteiger partial charge in [0.05, 0.1) is 25.4 Å². The van der Waals surface area contributed by atoms with Gasteiger partial charge in [0.15, 0.2) is 0 Å². The summed E-state index contributed by atoms with van der Waals surface area (Å²) in [6.07, 6.45) is 0.674. The van der Waals surface area contributed by atoms with Crippen molar-refractivity contribution in [2.75, 3.05) is 19.0 Å². The lowest BCUT2D eigenvalue weighted by molar-refractivity contribution is 0.222. The molecular formula is C12H17BrN2O3. The molecule has 6 heteroatoms. The fourth-order valence-electron chi connectivity index (χ4n) is 1.34. The normalized spacial score (nSPS) is 11.8. The number of anilines is 1. The predicted molar refractivity (Wildman–Crippen MR) is 74.0 cm³/mol. The number of aliphatic hydroxyl groups excluding tert-OH is 1. The van der Waals surface area contributed by atoms with Crippen molar-refractivity contribution in [3.63, 3.8) is 0 Å². The largest absolute Gasteiger partial charge is 0.497 e. The molecule has 0 aliphatic heterocycles. The molecule has 100 valence electrons. The van der Waals surface area contributed by atoms with Gasteiger partial charge in [0.25, 0.3) is 0 Å². The van der Waals surface area contributed by atoms with Gasteiger partial charge >= 0.3 is 6.03 Å². The SMILES string of the molecule is CC[C@@H](CO)NC(=O)Nc1ccc(OC)cc1Br. The second-order valence-electron chi connectivity index (χ2n) is 3.73. The number of benzene rings is 1. The molecule has 0 aliphatic carbocycles. The van der Waals surface area contributed by atoms with Crippen LogP contribution in [0.2, 0.25) is 0 Å². The molecule has 0 aliphatic rings. The Morgan fingerprint density at radius 3 is 2.78 bits per heavy atom. The summed E-state index contributed by atoms with van der Waals surface area (Å²) < 4.78 is 5.79. The van der Waals surface area contributed by atoms with Crippen LogP contribution in [-0.2, 0) is 0 Å². The van der Waals surface area contributed by atoms with Gasteiger partial charge < -0.3 is 20.5 Å². The van der Waals surface area contributed by atoms with Crippen LogP contribution in [0.3, 0.4) is 0 Å². The minimum absolute atomic E-state index is 0.0757. The number of urea groups is 1. The lowest BCUT2D eigenvalue weighted by Crippen LogP contribution is -2.39. The van der Waals surface area contributed by atoms with Gasteiger partial charge in [0.1, 0.15) is 5.75 Å². The zero-order chi connectivity index (χ0) is 13.5. The van der Waals surface area contributed by atoms with E-state index in [0.29, 0.717) is 17.9 Å². The van der Waals surface area contributed by atoms with E-state index in [-0.39, 0.29) is 18.7 Å². The molecule has 0 unspecified atom stereocenters. The van der Waals surface area contributed by atoms with Gasteiger partial charge in [-0.2, -0.15) is 0 Å². The van der Waals surface area contributed by atoms with Crippen LogP contribution < -0.4 is 15.4 Å². The second-order valence-corrected chi connectivity index (χ2v) is 4.59. The third kappa shape index (κ3) is 4.19. The first-order valence-electron chi connectivity index (χ1n) is 5.62. The molecule has 1 aromatic rings. The maximum Gasteiger partial charge on any atom is 0.319 e. The van der Waals surface area contributed by atoms with Crippen LogP contribution in [0.5, 0.6) is 5.75 Å². The summed E-state index contributed by atoms with van der Waals surface area (Å²) >= 11 is 3.34. The van der Waals surface area contributed by atoms with Crippen LogP contribution in [0.1, 0.15) is 13.3 Å². The van der Waals surface area contributed by atoms with Crippen molar-refractivity contribution in [3.05, 3.63) is 22.7 Å². The summed E-state index contributed by atoms with van der Waals surface area (Å²) in [5, 5.41) is 14.4. The first-order chi connectivity index (χ1) is 8.60. The van der Waals surface area contributed by atoms with E-state index in [2.05, 4.69) is 26.6 Å². The highest BCUT2D eigenvalue weighted by Crippen LogP contribution is 2.26. The van der Waals surface area contributed by atoms with Gasteiger partial charge in [0.2, 0.25) is 0 Å². The highest BCUT2D eigenvalue weighted by molar-refractivity contribution is 9.10. The summed E-state index contributed by atoms with van der Waals surface area (Å²) in [5.74, 6) is 0.703. The predicted octanol–water partition coefficient (Wildman–Crippen LogP) is 2.35. The molecule has 0 saturated heterocycles. The van der Waals surface area contributed by atoms with Crippen LogP contribution in [-0.4, -0.2) is 30.9 Å². The maximum absolute atomic E-state index is 11.7. The first kappa shape index (κ1) is 14.8. The van der Waals surface area contributed by atoms with Gasteiger partial charge in [-0.1, -0.05) is 6.92 Å². The molecule has 0 spiro atoms. The molecule has 0 fully saturated rings. The number of nitrogens with one attached hydrogen (secondary N) is 2. The summed E-state index contributed by atoms with van der Waals surface area (Å²) in [4.78, 5) is 11.7. The number of hydrogen-bond donors (Lipinski definition) is 3. The Balaban J connectivity index is 2.64. The number of carbonyl (C=O) groups is 1. The Bertz CT molecular complexity index is 408. The average Bonchev–Trinajstić information content (AvgIpc) is 2.38. The van der Waals surface area contributed by atoms with E-state index in [9.17, 15) is 4.79 Å². The van der Waals surface area contributed by atoms with E-state index in [1.165, 1.54) is 0 Å². The first-order valence-corrected chi connectivity index (χ1v) is 6.42. The van der Waals surface area contributed by atoms with Crippen LogP contribution in [0.4, 0.5) is 10.5 Å². The van der Waals surface area contributed by atoms with E-state index in [0.717, 1.165) is 4.47 Å². The molecule has 1 rings (SSSR count). The second kappa shape index (κ2) is 7.23. The van der Waals surface area contributed by atoms with E-state index >= 15 is 0 Å². The van der Waals surface area contributed by atoms with E-state index in [1.54, 1.807) is 25.3 Å². The van der Waals surface area contributed by atoms with E-state index in [4.69, 9.17) is 9.84 Å². The fourth-order valence-corrected chi connectivity index (χ4v) is 1.80. The molecule has 3 N–H and O–H groups in total. The Morgan fingerprint density at radius 1 is 1.56 bits per heavy atom. The van der Waals surface area contributed by atoms with Gasteiger partial charge in [0, 0.05) is 4.47 Å². The zero-order valence-corrected chi connectivity index (χ0v) is 12.0. The molecule has 2 amide bonds. The van der Waals surface area contributed by atoms with Crippen molar-refractivity contribution in [2.45, 2.75) is 19.4 Å². The van der Waals surface area contributed by atoms with E-state index < -0.39 is 0 Å². The standard InChI is InChI=1S/C12H17BrN2O3/c1-3-8(7-16)14-12(17)15-11-5-4-9(18-2)6-10(11)13/h4-6,8,16H,3,7H2,1-2H3,(H2,14,15,17)/t8-/m0/s1. The van der Waals surface area contributed by atoms with Crippen molar-refractivity contribution < 1.29 is 14.6 Å². The lowest BCUT2D eigenvalue weighted by atomic mass is 10.2. The number of hydrogen-bond acceptors (Lipinski definition) is 3. The Labute approximate surface area is 115 Å². The number of halogens is 1. The average molecular weight is 317 g/mol. The van der Waals surface area contributed by atoms with E-state index in [1.807, 2.05) is 6.92 Å². The highest BCUT2D eigenvalue weighted by atomic mass is 79.9. The lowest BCUT2D eigenvalue weighted by Gasteiger charge is -2.15. The van der Waals surface area contributed by atoms with Gasteiger partial charge in [-0.3, -0.25) is 0 Å². The number of carbonyl (C=O) groups excluding carboxylic acids is 1. The Morgan fingerprint density at radius 2 is 2.28 bits per heavy atom. The molecular weight excluding hydrogens is 300 g/mol. The number of rotatable bonds is 5. The number of amides is 2. The van der Waals surface area contributed by atoms with Crippen molar-refractivity contribution in [1.82, 2.24) is 5.32 Å². The topological polar surface area (TPSA) is 70.6 Å². The maximum atomic E-state index is 11.7. The van der Waals surface area contributed by atoms with Crippen molar-refractivity contribution in [3.8, 4) is 5.75 Å². The molecule has 0 aromatic heterocycles. The minimum Gasteiger partial charge on any atom is -0.497 e. The Kier molecular flexibility index (Phi) is 5.94. The summed E-state index contributed by atoms with van der Waals surface area (Å²) in [6, 6.07) is 4.68. The monoisotopic (exact) mass is 316 g/mol. The number of ether oxygens (including phenoxy) is 1. The van der Waals surface area contributed by atoms with Gasteiger partial charge in [-0.05, 0) is 40.5 Å². The number of aliphatic hydroxyl groups is 1. The molecule has 0 bridgehead atoms. The van der Waals surface area contributed by atoms with Crippen molar-refractivity contribution in [1.29, 1.82) is 0 Å². The van der Waals surface area contributed by atoms with Gasteiger partial charge in [-0.15, -0.1) is 0 Å². The Hall–Kier alpha value is -1.27. The molecule has 5 nitrogen and oxygen atoms in total. The molecule has 0 heterocycles. The molecule has 1 aromatic carbocycles. The zero-order valence-electron chi connectivity index (χ0n) is 10.4. The third-order valence-corrected chi connectivity index (χ3v) is 3.13. The molecule has 0 radical (unpaired) electrons. The number of methoxy groups -OCH3 is 1. The summed E-state index contributed by atoms with van der Waals surface area (Å²) in [6.45, 7) is 1.82. The van der Waals surface area contributed by atoms with Crippen LogP contribution >= 0.6 is 15.9 Å². The highest BCUT2D eigenvalue weighted by Gasteiger charge is 2.10. The van der Waals surface area contributed by atoms with Crippen LogP contribution in [0.25, 0.3) is 0 Å². The van der Waals surface area contributed by atoms with Crippen LogP contribution in [0, 0.1) is 0 Å². The fraction of sp³-hybridized carbons (Fsp3) is 0.417. The molecule has 18 heavy (non-hydrogen) atoms. The third-order valence-electron chi connectivity index (χ3n) is 2.47. The smallest absolute Gasteiger partial charge is 0.319 e.